The van der Waals surface area contributed by atoms with Gasteiger partial charge in [-0.25, -0.2) is 4.68 Å². The molecule has 0 spiro atoms. The molecule has 0 saturated carbocycles. The van der Waals surface area contributed by atoms with E-state index in [9.17, 15) is 9.59 Å². The van der Waals surface area contributed by atoms with Gasteiger partial charge in [-0.15, -0.1) is 0 Å². The maximum Gasteiger partial charge on any atom is 0.270 e. The van der Waals surface area contributed by atoms with Crippen LogP contribution in [0.5, 0.6) is 0 Å². The van der Waals surface area contributed by atoms with Gasteiger partial charge >= 0.3 is 0 Å². The molecule has 1 aliphatic carbocycles. The van der Waals surface area contributed by atoms with Crippen LogP contribution in [0.2, 0.25) is 0 Å². The molecule has 5 heteroatoms. The van der Waals surface area contributed by atoms with Crippen LogP contribution >= 0.6 is 0 Å². The maximum atomic E-state index is 13.0. The third-order valence-electron chi connectivity index (χ3n) is 5.58. The van der Waals surface area contributed by atoms with Crippen LogP contribution in [0.4, 0.5) is 0 Å². The fourth-order valence-electron chi connectivity index (χ4n) is 4.04. The molecule has 0 radical (unpaired) electrons. The molecule has 0 aliphatic heterocycles. The molecular formula is C25H23N3O2. The van der Waals surface area contributed by atoms with Crippen molar-refractivity contribution in [2.75, 3.05) is 0 Å². The largest absolute Gasteiger partial charge is 0.297 e. The van der Waals surface area contributed by atoms with Gasteiger partial charge < -0.3 is 0 Å². The van der Waals surface area contributed by atoms with E-state index in [1.165, 1.54) is 4.68 Å². The quantitative estimate of drug-likeness (QED) is 0.657. The average molecular weight is 397 g/mol. The predicted octanol–water partition coefficient (Wildman–Crippen LogP) is 3.78. The molecule has 0 fully saturated rings. The van der Waals surface area contributed by atoms with Crippen LogP contribution in [-0.2, 0) is 30.6 Å². The number of ketones is 1. The Labute approximate surface area is 175 Å². The molecule has 1 aliphatic rings. The molecule has 5 nitrogen and oxygen atoms in total. The molecule has 0 atom stereocenters. The Hall–Kier alpha value is -3.52. The van der Waals surface area contributed by atoms with E-state index < -0.39 is 0 Å². The van der Waals surface area contributed by atoms with Gasteiger partial charge in [0.2, 0.25) is 0 Å². The number of nitrogens with zero attached hydrogens (tertiary/aromatic N) is 3. The lowest BCUT2D eigenvalue weighted by Gasteiger charge is -2.20. The number of aryl methyl sites for hydroxylation is 1. The number of aromatic nitrogens is 2. The van der Waals surface area contributed by atoms with Gasteiger partial charge in [0.1, 0.15) is 6.54 Å². The Kier molecular flexibility index (Phi) is 5.58. The minimum absolute atomic E-state index is 0.0677. The highest BCUT2D eigenvalue weighted by Gasteiger charge is 2.22. The van der Waals surface area contributed by atoms with Crippen LogP contribution in [-0.4, -0.2) is 15.6 Å². The van der Waals surface area contributed by atoms with Crippen LogP contribution in [0.25, 0.3) is 11.3 Å². The summed E-state index contributed by atoms with van der Waals surface area (Å²) < 4.78 is 1.33. The number of carbonyl (C=O) groups is 1. The Bertz CT molecular complexity index is 1200. The Morgan fingerprint density at radius 1 is 1.10 bits per heavy atom. The molecule has 1 aromatic heterocycles. The van der Waals surface area contributed by atoms with Crippen LogP contribution < -0.4 is 5.56 Å². The Morgan fingerprint density at radius 3 is 2.57 bits per heavy atom. The minimum Gasteiger partial charge on any atom is -0.297 e. The van der Waals surface area contributed by atoms with E-state index in [1.807, 2.05) is 37.3 Å². The monoisotopic (exact) mass is 397 g/mol. The fraction of sp³-hybridized carbons (Fsp3) is 0.280. The highest BCUT2D eigenvalue weighted by Crippen LogP contribution is 2.28. The van der Waals surface area contributed by atoms with E-state index in [0.29, 0.717) is 5.56 Å². The molecule has 1 heterocycles. The van der Waals surface area contributed by atoms with Gasteiger partial charge in [-0.05, 0) is 55.9 Å². The number of benzene rings is 2. The molecule has 4 rings (SSSR count). The molecule has 3 aromatic rings. The third-order valence-corrected chi connectivity index (χ3v) is 5.58. The lowest BCUT2D eigenvalue weighted by Crippen LogP contribution is -2.33. The van der Waals surface area contributed by atoms with Crippen molar-refractivity contribution in [1.29, 1.82) is 5.26 Å². The highest BCUT2D eigenvalue weighted by atomic mass is 16.1. The van der Waals surface area contributed by atoms with Gasteiger partial charge in [-0.2, -0.15) is 10.4 Å². The maximum absolute atomic E-state index is 13.0. The number of Topliss-reactive ketones (excluding diaryl/α,β-unsaturated/α-hetero) is 1. The second-order valence-corrected chi connectivity index (χ2v) is 7.87. The summed E-state index contributed by atoms with van der Waals surface area (Å²) in [5.41, 5.74) is 5.90. The highest BCUT2D eigenvalue weighted by molar-refractivity contribution is 5.80. The SMILES string of the molecule is Cc1ccc(-c2nn(CC(=O)Cc3cccc(C#N)c3)c(=O)c3c2CCCC3)cc1. The third kappa shape index (κ3) is 4.08. The van der Waals surface area contributed by atoms with Crippen molar-refractivity contribution in [3.63, 3.8) is 0 Å². The van der Waals surface area contributed by atoms with Gasteiger partial charge in [0.15, 0.2) is 5.78 Å². The zero-order valence-corrected chi connectivity index (χ0v) is 17.0. The molecule has 0 unspecified atom stereocenters. The number of rotatable bonds is 5. The first-order valence-electron chi connectivity index (χ1n) is 10.3. The summed E-state index contributed by atoms with van der Waals surface area (Å²) in [5, 5.41) is 13.7. The number of hydrogen-bond donors (Lipinski definition) is 0. The van der Waals surface area contributed by atoms with Gasteiger partial charge in [0.25, 0.3) is 5.56 Å². The van der Waals surface area contributed by atoms with Gasteiger partial charge in [0.05, 0.1) is 17.3 Å². The first kappa shape index (κ1) is 19.8. The van der Waals surface area contributed by atoms with E-state index in [-0.39, 0.29) is 24.3 Å². The van der Waals surface area contributed by atoms with Gasteiger partial charge in [0, 0.05) is 17.5 Å². The number of nitriles is 1. The zero-order valence-electron chi connectivity index (χ0n) is 17.0. The topological polar surface area (TPSA) is 75.8 Å². The van der Waals surface area contributed by atoms with Crippen LogP contribution in [0.15, 0.2) is 53.3 Å². The Morgan fingerprint density at radius 2 is 1.83 bits per heavy atom. The molecule has 0 saturated heterocycles. The number of carbonyl (C=O) groups excluding carboxylic acids is 1. The first-order chi connectivity index (χ1) is 14.5. The van der Waals surface area contributed by atoms with Crippen molar-refractivity contribution < 1.29 is 4.79 Å². The van der Waals surface area contributed by atoms with Gasteiger partial charge in [-0.1, -0.05) is 42.0 Å². The normalized spacial score (nSPS) is 12.8. The lowest BCUT2D eigenvalue weighted by molar-refractivity contribution is -0.119. The van der Waals surface area contributed by atoms with Gasteiger partial charge in [-0.3, -0.25) is 9.59 Å². The van der Waals surface area contributed by atoms with E-state index in [1.54, 1.807) is 18.2 Å². The van der Waals surface area contributed by atoms with Crippen molar-refractivity contribution in [3.8, 4) is 17.3 Å². The number of hydrogen-bond acceptors (Lipinski definition) is 4. The summed E-state index contributed by atoms with van der Waals surface area (Å²) >= 11 is 0. The van der Waals surface area contributed by atoms with Crippen molar-refractivity contribution in [2.24, 2.45) is 0 Å². The zero-order chi connectivity index (χ0) is 21.1. The second kappa shape index (κ2) is 8.46. The van der Waals surface area contributed by atoms with E-state index in [0.717, 1.165) is 59.2 Å². The Balaban J connectivity index is 1.68. The van der Waals surface area contributed by atoms with Crippen molar-refractivity contribution in [3.05, 3.63) is 86.7 Å². The van der Waals surface area contributed by atoms with E-state index in [4.69, 9.17) is 5.26 Å². The summed E-state index contributed by atoms with van der Waals surface area (Å²) in [6, 6.07) is 17.2. The average Bonchev–Trinajstić information content (AvgIpc) is 2.76. The molecule has 0 amide bonds. The lowest BCUT2D eigenvalue weighted by atomic mass is 9.89. The van der Waals surface area contributed by atoms with Crippen molar-refractivity contribution >= 4 is 5.78 Å². The second-order valence-electron chi connectivity index (χ2n) is 7.87. The van der Waals surface area contributed by atoms with Crippen LogP contribution in [0, 0.1) is 18.3 Å². The summed E-state index contributed by atoms with van der Waals surface area (Å²) in [4.78, 5) is 25.8. The molecule has 30 heavy (non-hydrogen) atoms. The summed E-state index contributed by atoms with van der Waals surface area (Å²) in [5.74, 6) is -0.106. The standard InChI is InChI=1S/C25H23N3O2/c1-17-9-11-20(12-10-17)24-22-7-2-3-8-23(22)25(30)28(27-24)16-21(29)14-18-5-4-6-19(13-18)15-26/h4-6,9-13H,2-3,7-8,14,16H2,1H3. The summed E-state index contributed by atoms with van der Waals surface area (Å²) in [7, 11) is 0. The van der Waals surface area contributed by atoms with E-state index >= 15 is 0 Å². The molecule has 0 bridgehead atoms. The fourth-order valence-corrected chi connectivity index (χ4v) is 4.04. The van der Waals surface area contributed by atoms with E-state index in [2.05, 4.69) is 11.2 Å². The minimum atomic E-state index is -0.153. The molecule has 150 valence electrons. The first-order valence-corrected chi connectivity index (χ1v) is 10.3. The summed E-state index contributed by atoms with van der Waals surface area (Å²) in [6.45, 7) is 1.97. The van der Waals surface area contributed by atoms with Crippen LogP contribution in [0.3, 0.4) is 0 Å². The molecule has 0 N–H and O–H groups in total. The predicted molar refractivity (Wildman–Crippen MR) is 115 cm³/mol. The summed E-state index contributed by atoms with van der Waals surface area (Å²) in [6.07, 6.45) is 3.77. The van der Waals surface area contributed by atoms with Crippen molar-refractivity contribution in [1.82, 2.24) is 9.78 Å². The van der Waals surface area contributed by atoms with Crippen LogP contribution in [0.1, 0.15) is 40.7 Å². The molecule has 2 aromatic carbocycles. The number of fused-ring (bicyclic) bond motifs is 1. The smallest absolute Gasteiger partial charge is 0.270 e. The van der Waals surface area contributed by atoms with Crippen molar-refractivity contribution in [2.45, 2.75) is 45.6 Å². The molecular weight excluding hydrogens is 374 g/mol.